The lowest BCUT2D eigenvalue weighted by atomic mass is 10.1. The molecular weight excluding hydrogens is 434 g/mol. The molecule has 0 aromatic heterocycles. The van der Waals surface area contributed by atoms with Crippen molar-refractivity contribution in [2.45, 2.75) is 57.0 Å². The van der Waals surface area contributed by atoms with E-state index in [4.69, 9.17) is 5.73 Å². The number of nitrogens with two attached hydrogens (primary N) is 1. The minimum Gasteiger partial charge on any atom is -0.391 e. The molecule has 0 saturated carbocycles. The molecule has 0 aliphatic carbocycles. The van der Waals surface area contributed by atoms with Gasteiger partial charge in [-0.2, -0.15) is 0 Å². The molecule has 2 saturated heterocycles. The molecule has 0 aromatic rings. The number of amides is 5. The van der Waals surface area contributed by atoms with Crippen LogP contribution in [0.2, 0.25) is 0 Å². The predicted octanol–water partition coefficient (Wildman–Crippen LogP) is -2.29. The summed E-state index contributed by atoms with van der Waals surface area (Å²) in [7, 11) is 2.46. The van der Waals surface area contributed by atoms with Gasteiger partial charge in [0.25, 0.3) is 0 Å². The summed E-state index contributed by atoms with van der Waals surface area (Å²) in [5.41, 5.74) is 5.36. The van der Waals surface area contributed by atoms with Crippen molar-refractivity contribution in [1.82, 2.24) is 20.9 Å². The first-order valence-electron chi connectivity index (χ1n) is 9.52. The Morgan fingerprint density at radius 3 is 2.47 bits per heavy atom. The summed E-state index contributed by atoms with van der Waals surface area (Å²) in [6, 6.07) is -4.02. The van der Waals surface area contributed by atoms with Crippen molar-refractivity contribution in [1.29, 1.82) is 0 Å². The molecule has 0 spiro atoms. The Hall–Kier alpha value is -1.99. The van der Waals surface area contributed by atoms with Crippen LogP contribution in [0, 0.1) is 0 Å². The van der Waals surface area contributed by atoms with E-state index in [-0.39, 0.29) is 17.4 Å². The maximum atomic E-state index is 13.0. The minimum absolute atomic E-state index is 0.111. The molecule has 2 fully saturated rings. The Kier molecular flexibility index (Phi) is 8.79. The molecule has 30 heavy (non-hydrogen) atoms. The first-order chi connectivity index (χ1) is 14.1. The Balaban J connectivity index is 2.32. The number of primary amides is 1. The van der Waals surface area contributed by atoms with Crippen LogP contribution in [0.4, 0.5) is 0 Å². The second-order valence-electron chi connectivity index (χ2n) is 7.20. The summed E-state index contributed by atoms with van der Waals surface area (Å²) >= 11 is 0. The number of carbonyl (C=O) groups excluding carboxylic acids is 5. The lowest BCUT2D eigenvalue weighted by molar-refractivity contribution is -0.142. The number of aliphatic hydroxyl groups excluding tert-OH is 1. The van der Waals surface area contributed by atoms with Gasteiger partial charge in [0.1, 0.15) is 24.2 Å². The van der Waals surface area contributed by atoms with E-state index in [1.165, 1.54) is 40.3 Å². The molecule has 2 heterocycles. The molecule has 5 amide bonds. The van der Waals surface area contributed by atoms with E-state index in [0.29, 0.717) is 19.4 Å². The van der Waals surface area contributed by atoms with Crippen LogP contribution in [0.3, 0.4) is 0 Å². The summed E-state index contributed by atoms with van der Waals surface area (Å²) in [5.74, 6) is -2.54. The van der Waals surface area contributed by atoms with Gasteiger partial charge in [-0.05, 0) is 19.8 Å². The monoisotopic (exact) mass is 461 g/mol. The number of hydrogen-bond donors (Lipinski definition) is 5. The zero-order valence-corrected chi connectivity index (χ0v) is 18.4. The van der Waals surface area contributed by atoms with Gasteiger partial charge in [0.05, 0.1) is 6.10 Å². The van der Waals surface area contributed by atoms with Crippen molar-refractivity contribution in [3.63, 3.8) is 0 Å². The van der Waals surface area contributed by atoms with Gasteiger partial charge in [0, 0.05) is 25.0 Å². The maximum Gasteiger partial charge on any atom is 0.246 e. The van der Waals surface area contributed by atoms with Crippen LogP contribution < -0.4 is 21.7 Å². The lowest BCUT2D eigenvalue weighted by Crippen LogP contribution is -2.60. The van der Waals surface area contributed by atoms with E-state index in [2.05, 4.69) is 16.0 Å². The zero-order chi connectivity index (χ0) is 22.4. The van der Waals surface area contributed by atoms with Crippen molar-refractivity contribution in [3.8, 4) is 0 Å². The molecule has 0 radical (unpaired) electrons. The van der Waals surface area contributed by atoms with Gasteiger partial charge in [0.2, 0.25) is 29.5 Å². The fourth-order valence-corrected chi connectivity index (χ4v) is 5.60. The van der Waals surface area contributed by atoms with E-state index in [1.54, 1.807) is 0 Å². The first kappa shape index (κ1) is 24.3. The largest absolute Gasteiger partial charge is 0.391 e. The number of aliphatic hydroxyl groups is 1. The number of rotatable bonds is 3. The Labute approximate surface area is 182 Å². The summed E-state index contributed by atoms with van der Waals surface area (Å²) in [6.07, 6.45) is -0.256. The molecule has 13 heteroatoms. The fraction of sp³-hybridized carbons (Fsp3) is 0.706. The third-order valence-electron chi connectivity index (χ3n) is 4.79. The van der Waals surface area contributed by atoms with E-state index >= 15 is 0 Å². The Bertz CT molecular complexity index is 706. The number of fused-ring (bicyclic) bond motifs is 1. The summed E-state index contributed by atoms with van der Waals surface area (Å²) in [6.45, 7) is 2.98. The predicted molar refractivity (Wildman–Crippen MR) is 112 cm³/mol. The second-order valence-corrected chi connectivity index (χ2v) is 9.75. The van der Waals surface area contributed by atoms with E-state index in [1.807, 2.05) is 0 Å². The molecule has 0 aromatic carbocycles. The van der Waals surface area contributed by atoms with Crippen molar-refractivity contribution in [2.24, 2.45) is 5.73 Å². The average molecular weight is 462 g/mol. The van der Waals surface area contributed by atoms with Gasteiger partial charge in [-0.15, -0.1) is 0 Å². The number of hydrogen-bond acceptors (Lipinski definition) is 8. The third-order valence-corrected chi connectivity index (χ3v) is 7.21. The fourth-order valence-electron chi connectivity index (χ4n) is 3.27. The second kappa shape index (κ2) is 10.9. The SMILES string of the molecule is CC(=O)N[C@H]1CSSC[C@@H](C(N)=O)NC(=O)[C@H]([C@@H](C)O)NC(=O)[C@@H]2CCCN2C1=O. The topological polar surface area (TPSA) is 171 Å². The van der Waals surface area contributed by atoms with Crippen LogP contribution in [0.25, 0.3) is 0 Å². The van der Waals surface area contributed by atoms with Crippen LogP contribution in [0.15, 0.2) is 0 Å². The van der Waals surface area contributed by atoms with Gasteiger partial charge in [-0.25, -0.2) is 0 Å². The first-order valence-corrected chi connectivity index (χ1v) is 12.0. The van der Waals surface area contributed by atoms with Gasteiger partial charge < -0.3 is 31.7 Å². The van der Waals surface area contributed by atoms with Gasteiger partial charge in [-0.3, -0.25) is 24.0 Å². The highest BCUT2D eigenvalue weighted by molar-refractivity contribution is 8.76. The molecule has 2 aliphatic rings. The molecule has 0 bridgehead atoms. The van der Waals surface area contributed by atoms with Crippen LogP contribution in [-0.4, -0.2) is 87.9 Å². The van der Waals surface area contributed by atoms with Crippen LogP contribution in [0.5, 0.6) is 0 Å². The zero-order valence-electron chi connectivity index (χ0n) is 16.8. The molecule has 11 nitrogen and oxygen atoms in total. The van der Waals surface area contributed by atoms with Crippen LogP contribution >= 0.6 is 21.6 Å². The van der Waals surface area contributed by atoms with Gasteiger partial charge >= 0.3 is 0 Å². The lowest BCUT2D eigenvalue weighted by Gasteiger charge is -2.31. The molecule has 2 aliphatic heterocycles. The summed E-state index contributed by atoms with van der Waals surface area (Å²) < 4.78 is 0. The quantitative estimate of drug-likeness (QED) is 0.292. The number of nitrogens with zero attached hydrogens (tertiary/aromatic N) is 1. The highest BCUT2D eigenvalue weighted by Gasteiger charge is 2.40. The molecular formula is C17H27N5O6S2. The van der Waals surface area contributed by atoms with Crippen LogP contribution in [-0.2, 0) is 24.0 Å². The molecule has 2 rings (SSSR count). The standard InChI is InChI=1S/C17H27N5O6S2/c1-8(23)13-16(27)20-10(14(18)25)6-29-30-7-11(19-9(2)24)17(28)22-5-3-4-12(22)15(26)21-13/h8,10-13,23H,3-7H2,1-2H3,(H2,18,25)(H,19,24)(H,20,27)(H,21,26)/t8-,10+,11+,12+,13+/m1/s1. The molecule has 0 unspecified atom stereocenters. The van der Waals surface area contributed by atoms with Crippen molar-refractivity contribution in [3.05, 3.63) is 0 Å². The van der Waals surface area contributed by atoms with Crippen molar-refractivity contribution in [2.75, 3.05) is 18.1 Å². The molecule has 168 valence electrons. The van der Waals surface area contributed by atoms with Crippen LogP contribution in [0.1, 0.15) is 26.7 Å². The number of nitrogens with one attached hydrogen (secondary N) is 3. The van der Waals surface area contributed by atoms with Crippen molar-refractivity contribution >= 4 is 51.1 Å². The third kappa shape index (κ3) is 6.25. The highest BCUT2D eigenvalue weighted by Crippen LogP contribution is 2.26. The minimum atomic E-state index is -1.32. The van der Waals surface area contributed by atoms with Crippen molar-refractivity contribution < 1.29 is 29.1 Å². The summed E-state index contributed by atoms with van der Waals surface area (Å²) in [4.78, 5) is 63.1. The average Bonchev–Trinajstić information content (AvgIpc) is 3.15. The summed E-state index contributed by atoms with van der Waals surface area (Å²) in [5, 5.41) is 17.6. The maximum absolute atomic E-state index is 13.0. The number of carbonyl (C=O) groups is 5. The van der Waals surface area contributed by atoms with E-state index in [0.717, 1.165) is 0 Å². The van der Waals surface area contributed by atoms with Gasteiger partial charge in [0.15, 0.2) is 0 Å². The Morgan fingerprint density at radius 1 is 1.20 bits per heavy atom. The molecule has 5 atom stereocenters. The molecule has 6 N–H and O–H groups in total. The highest BCUT2D eigenvalue weighted by atomic mass is 33.1. The Morgan fingerprint density at radius 2 is 1.87 bits per heavy atom. The smallest absolute Gasteiger partial charge is 0.246 e. The van der Waals surface area contributed by atoms with Gasteiger partial charge in [-0.1, -0.05) is 21.6 Å². The van der Waals surface area contributed by atoms with E-state index in [9.17, 15) is 29.1 Å². The van der Waals surface area contributed by atoms with E-state index < -0.39 is 53.9 Å². The normalized spacial score (nSPS) is 29.8.